The predicted molar refractivity (Wildman–Crippen MR) is 85.3 cm³/mol. The number of halogens is 2. The maximum Gasteiger partial charge on any atom is 0.514 e. The van der Waals surface area contributed by atoms with Crippen molar-refractivity contribution in [3.63, 3.8) is 0 Å². The van der Waals surface area contributed by atoms with E-state index in [1.807, 2.05) is 27.7 Å². The molecule has 1 fully saturated rings. The van der Waals surface area contributed by atoms with E-state index in [-0.39, 0.29) is 0 Å². The van der Waals surface area contributed by atoms with Gasteiger partial charge >= 0.3 is 7.12 Å². The van der Waals surface area contributed by atoms with Gasteiger partial charge in [0.25, 0.3) is 0 Å². The van der Waals surface area contributed by atoms with Crippen LogP contribution in [0.3, 0.4) is 0 Å². The van der Waals surface area contributed by atoms with Gasteiger partial charge in [-0.05, 0) is 51.5 Å². The number of pyridine rings is 1. The molecule has 23 heavy (non-hydrogen) atoms. The second-order valence-corrected chi connectivity index (χ2v) is 6.69. The van der Waals surface area contributed by atoms with Gasteiger partial charge in [0, 0.05) is 11.8 Å². The Kier molecular flexibility index (Phi) is 3.77. The molecule has 2 aromatic rings. The van der Waals surface area contributed by atoms with Gasteiger partial charge in [0.15, 0.2) is 11.6 Å². The molecule has 0 saturated carbocycles. The average Bonchev–Trinajstić information content (AvgIpc) is 2.71. The van der Waals surface area contributed by atoms with E-state index >= 15 is 0 Å². The van der Waals surface area contributed by atoms with Crippen LogP contribution in [-0.2, 0) is 9.31 Å². The summed E-state index contributed by atoms with van der Waals surface area (Å²) < 4.78 is 38.2. The van der Waals surface area contributed by atoms with Crippen molar-refractivity contribution in [3.8, 4) is 11.1 Å². The number of aromatic nitrogens is 1. The molecule has 0 atom stereocenters. The van der Waals surface area contributed by atoms with Crippen molar-refractivity contribution >= 4 is 12.7 Å². The molecule has 0 radical (unpaired) electrons. The summed E-state index contributed by atoms with van der Waals surface area (Å²) in [7, 11) is -0.543. The normalized spacial score (nSPS) is 19.1. The van der Waals surface area contributed by atoms with Crippen LogP contribution in [0.25, 0.3) is 11.1 Å². The molecule has 0 bridgehead atoms. The van der Waals surface area contributed by atoms with Gasteiger partial charge < -0.3 is 9.31 Å². The van der Waals surface area contributed by atoms with Crippen molar-refractivity contribution < 1.29 is 18.1 Å². The SMILES string of the molecule is CC1(C)OB(c2ccc(-c3ccc(F)c(F)c3)cn2)OC1(C)C. The highest BCUT2D eigenvalue weighted by molar-refractivity contribution is 6.61. The highest BCUT2D eigenvalue weighted by Gasteiger charge is 2.52. The third-order valence-electron chi connectivity index (χ3n) is 4.53. The Balaban J connectivity index is 1.84. The molecular formula is C17H18BF2NO2. The van der Waals surface area contributed by atoms with E-state index in [0.717, 1.165) is 12.1 Å². The molecule has 1 aromatic heterocycles. The van der Waals surface area contributed by atoms with E-state index < -0.39 is 30.0 Å². The lowest BCUT2D eigenvalue weighted by Gasteiger charge is -2.32. The fourth-order valence-corrected chi connectivity index (χ4v) is 2.35. The molecule has 1 aliphatic rings. The van der Waals surface area contributed by atoms with Gasteiger partial charge in [-0.2, -0.15) is 0 Å². The molecule has 0 aliphatic carbocycles. The largest absolute Gasteiger partial charge is 0.514 e. The minimum atomic E-state index is -0.877. The lowest BCUT2D eigenvalue weighted by Crippen LogP contribution is -2.41. The first kappa shape index (κ1) is 16.1. The zero-order valence-corrected chi connectivity index (χ0v) is 13.6. The van der Waals surface area contributed by atoms with Crippen LogP contribution in [0.15, 0.2) is 36.5 Å². The Hall–Kier alpha value is -1.79. The summed E-state index contributed by atoms with van der Waals surface area (Å²) in [4.78, 5) is 4.35. The fraction of sp³-hybridized carbons (Fsp3) is 0.353. The summed E-state index contributed by atoms with van der Waals surface area (Å²) in [6.07, 6.45) is 1.60. The summed E-state index contributed by atoms with van der Waals surface area (Å²) in [5.41, 5.74) is 1.05. The van der Waals surface area contributed by atoms with Crippen molar-refractivity contribution in [1.29, 1.82) is 0 Å². The van der Waals surface area contributed by atoms with Crippen LogP contribution in [0.2, 0.25) is 0 Å². The third-order valence-corrected chi connectivity index (χ3v) is 4.53. The van der Waals surface area contributed by atoms with Gasteiger partial charge in [0.2, 0.25) is 0 Å². The summed E-state index contributed by atoms with van der Waals surface area (Å²) in [6.45, 7) is 7.90. The molecule has 1 aromatic carbocycles. The van der Waals surface area contributed by atoms with Crippen molar-refractivity contribution in [3.05, 3.63) is 48.2 Å². The monoisotopic (exact) mass is 317 g/mol. The predicted octanol–water partition coefficient (Wildman–Crippen LogP) is 3.33. The smallest absolute Gasteiger partial charge is 0.398 e. The van der Waals surface area contributed by atoms with Crippen molar-refractivity contribution in [2.45, 2.75) is 38.9 Å². The molecule has 3 nitrogen and oxygen atoms in total. The minimum Gasteiger partial charge on any atom is -0.398 e. The van der Waals surface area contributed by atoms with Crippen molar-refractivity contribution in [1.82, 2.24) is 4.98 Å². The van der Waals surface area contributed by atoms with Crippen LogP contribution in [0.1, 0.15) is 27.7 Å². The summed E-state index contributed by atoms with van der Waals surface area (Å²) in [6, 6.07) is 7.34. The maximum atomic E-state index is 13.3. The maximum absolute atomic E-state index is 13.3. The molecule has 1 aliphatic heterocycles. The van der Waals surface area contributed by atoms with Gasteiger partial charge in [0.05, 0.1) is 16.8 Å². The molecule has 1 saturated heterocycles. The number of rotatable bonds is 2. The number of hydrogen-bond donors (Lipinski definition) is 0. The Labute approximate surface area is 134 Å². The Morgan fingerprint density at radius 3 is 2.00 bits per heavy atom. The first-order valence-electron chi connectivity index (χ1n) is 7.47. The first-order chi connectivity index (χ1) is 10.7. The van der Waals surface area contributed by atoms with E-state index in [1.54, 1.807) is 18.3 Å². The van der Waals surface area contributed by atoms with E-state index in [2.05, 4.69) is 4.98 Å². The Morgan fingerprint density at radius 2 is 1.48 bits per heavy atom. The topological polar surface area (TPSA) is 31.4 Å². The van der Waals surface area contributed by atoms with Crippen LogP contribution in [0.4, 0.5) is 8.78 Å². The highest BCUT2D eigenvalue weighted by atomic mass is 19.2. The van der Waals surface area contributed by atoms with Crippen LogP contribution >= 0.6 is 0 Å². The quantitative estimate of drug-likeness (QED) is 0.796. The Bertz CT molecular complexity index is 716. The molecule has 2 heterocycles. The number of benzene rings is 1. The summed E-state index contributed by atoms with van der Waals surface area (Å²) in [5.74, 6) is -1.74. The molecule has 3 rings (SSSR count). The van der Waals surface area contributed by atoms with E-state index in [4.69, 9.17) is 9.31 Å². The zero-order valence-electron chi connectivity index (χ0n) is 13.6. The third kappa shape index (κ3) is 2.89. The second-order valence-electron chi connectivity index (χ2n) is 6.69. The van der Waals surface area contributed by atoms with E-state index in [9.17, 15) is 8.78 Å². The fourth-order valence-electron chi connectivity index (χ4n) is 2.35. The number of hydrogen-bond acceptors (Lipinski definition) is 3. The van der Waals surface area contributed by atoms with E-state index in [1.165, 1.54) is 6.07 Å². The van der Waals surface area contributed by atoms with Gasteiger partial charge in [0.1, 0.15) is 0 Å². The lowest BCUT2D eigenvalue weighted by molar-refractivity contribution is 0.00578. The molecule has 0 spiro atoms. The zero-order chi connectivity index (χ0) is 16.8. The first-order valence-corrected chi connectivity index (χ1v) is 7.47. The summed E-state index contributed by atoms with van der Waals surface area (Å²) >= 11 is 0. The molecule has 6 heteroatoms. The van der Waals surface area contributed by atoms with Crippen LogP contribution < -0.4 is 5.59 Å². The standard InChI is InChI=1S/C17H18BF2NO2/c1-16(2)17(3,4)23-18(22-16)15-8-6-12(10-21-15)11-5-7-13(19)14(20)9-11/h5-10H,1-4H3. The minimum absolute atomic E-state index is 0.432. The molecule has 0 amide bonds. The molecular weight excluding hydrogens is 299 g/mol. The molecule has 120 valence electrons. The van der Waals surface area contributed by atoms with Crippen LogP contribution in [0.5, 0.6) is 0 Å². The molecule has 0 unspecified atom stereocenters. The second kappa shape index (κ2) is 5.39. The van der Waals surface area contributed by atoms with E-state index in [0.29, 0.717) is 16.7 Å². The van der Waals surface area contributed by atoms with Gasteiger partial charge in [-0.25, -0.2) is 8.78 Å². The van der Waals surface area contributed by atoms with Gasteiger partial charge in [-0.1, -0.05) is 12.1 Å². The highest BCUT2D eigenvalue weighted by Crippen LogP contribution is 2.36. The molecule has 0 N–H and O–H groups in total. The number of nitrogens with zero attached hydrogens (tertiary/aromatic N) is 1. The van der Waals surface area contributed by atoms with Gasteiger partial charge in [-0.15, -0.1) is 0 Å². The van der Waals surface area contributed by atoms with Crippen molar-refractivity contribution in [2.75, 3.05) is 0 Å². The Morgan fingerprint density at radius 1 is 0.870 bits per heavy atom. The lowest BCUT2D eigenvalue weighted by atomic mass is 9.84. The average molecular weight is 317 g/mol. The van der Waals surface area contributed by atoms with Gasteiger partial charge in [-0.3, -0.25) is 4.98 Å². The van der Waals surface area contributed by atoms with Crippen molar-refractivity contribution in [2.24, 2.45) is 0 Å². The summed E-state index contributed by atoms with van der Waals surface area (Å²) in [5, 5.41) is 0. The van der Waals surface area contributed by atoms with Crippen LogP contribution in [0, 0.1) is 11.6 Å². The van der Waals surface area contributed by atoms with Crippen LogP contribution in [-0.4, -0.2) is 23.3 Å².